The maximum absolute atomic E-state index is 5.48. The highest BCUT2D eigenvalue weighted by molar-refractivity contribution is 5.00. The molecule has 0 bridgehead atoms. The summed E-state index contributed by atoms with van der Waals surface area (Å²) in [6.07, 6.45) is 4.51. The highest BCUT2D eigenvalue weighted by Gasteiger charge is 2.29. The Morgan fingerprint density at radius 2 is 2.10 bits per heavy atom. The average Bonchev–Trinajstić information content (AvgIpc) is 2.96. The monoisotopic (exact) mass is 279 g/mol. The molecule has 1 aromatic rings. The number of aromatic nitrogens is 2. The van der Waals surface area contributed by atoms with Gasteiger partial charge < -0.3 is 9.84 Å². The van der Waals surface area contributed by atoms with Gasteiger partial charge in [0, 0.05) is 18.4 Å². The Labute approximate surface area is 122 Å². The largest absolute Gasteiger partial charge is 0.339 e. The van der Waals surface area contributed by atoms with Gasteiger partial charge >= 0.3 is 0 Å². The van der Waals surface area contributed by atoms with E-state index in [0.717, 1.165) is 30.6 Å². The Bertz CT molecular complexity index is 422. The molecule has 1 heterocycles. The third-order valence-electron chi connectivity index (χ3n) is 4.42. The van der Waals surface area contributed by atoms with E-state index in [1.807, 2.05) is 0 Å². The zero-order valence-corrected chi connectivity index (χ0v) is 13.6. The standard InChI is InChI=1S/C16H29N3O/c1-6-17-13(16(3,4)5)10-14-18-15(19-20-14)12-8-7-11(2)9-12/h11-13,17H,6-10H2,1-5H3. The highest BCUT2D eigenvalue weighted by Crippen LogP contribution is 2.36. The zero-order valence-electron chi connectivity index (χ0n) is 13.6. The summed E-state index contributed by atoms with van der Waals surface area (Å²) in [7, 11) is 0. The Hall–Kier alpha value is -0.900. The number of likely N-dealkylation sites (N-methyl/N-ethyl adjacent to an activating group) is 1. The van der Waals surface area contributed by atoms with Gasteiger partial charge in [0.05, 0.1) is 0 Å². The molecule has 1 aliphatic carbocycles. The molecular formula is C16H29N3O. The minimum absolute atomic E-state index is 0.187. The van der Waals surface area contributed by atoms with Gasteiger partial charge in [-0.2, -0.15) is 4.98 Å². The number of hydrogen-bond donors (Lipinski definition) is 1. The van der Waals surface area contributed by atoms with Gasteiger partial charge in [-0.3, -0.25) is 0 Å². The summed E-state index contributed by atoms with van der Waals surface area (Å²) in [6.45, 7) is 12.1. The minimum Gasteiger partial charge on any atom is -0.339 e. The van der Waals surface area contributed by atoms with Crippen LogP contribution >= 0.6 is 0 Å². The molecule has 3 unspecified atom stereocenters. The van der Waals surface area contributed by atoms with Crippen molar-refractivity contribution >= 4 is 0 Å². The van der Waals surface area contributed by atoms with Crippen LogP contribution in [0.1, 0.15) is 71.5 Å². The van der Waals surface area contributed by atoms with Gasteiger partial charge in [-0.15, -0.1) is 0 Å². The average molecular weight is 279 g/mol. The summed E-state index contributed by atoms with van der Waals surface area (Å²) in [5, 5.41) is 7.74. The predicted octanol–water partition coefficient (Wildman–Crippen LogP) is 3.54. The zero-order chi connectivity index (χ0) is 14.8. The van der Waals surface area contributed by atoms with Crippen molar-refractivity contribution in [2.75, 3.05) is 6.54 Å². The minimum atomic E-state index is 0.187. The van der Waals surface area contributed by atoms with Crippen molar-refractivity contribution in [3.8, 4) is 0 Å². The smallest absolute Gasteiger partial charge is 0.228 e. The first-order valence-electron chi connectivity index (χ1n) is 7.96. The molecular weight excluding hydrogens is 250 g/mol. The highest BCUT2D eigenvalue weighted by atomic mass is 16.5. The fraction of sp³-hybridized carbons (Fsp3) is 0.875. The lowest BCUT2D eigenvalue weighted by Crippen LogP contribution is -2.41. The van der Waals surface area contributed by atoms with Crippen molar-refractivity contribution in [3.63, 3.8) is 0 Å². The van der Waals surface area contributed by atoms with E-state index in [1.54, 1.807) is 0 Å². The van der Waals surface area contributed by atoms with Crippen molar-refractivity contribution in [2.45, 2.75) is 72.3 Å². The van der Waals surface area contributed by atoms with Gasteiger partial charge in [-0.05, 0) is 37.1 Å². The van der Waals surface area contributed by atoms with Crippen LogP contribution in [0.5, 0.6) is 0 Å². The molecule has 0 spiro atoms. The maximum atomic E-state index is 5.48. The van der Waals surface area contributed by atoms with Crippen molar-refractivity contribution in [1.82, 2.24) is 15.5 Å². The van der Waals surface area contributed by atoms with Gasteiger partial charge in [0.15, 0.2) is 5.82 Å². The Morgan fingerprint density at radius 3 is 2.65 bits per heavy atom. The van der Waals surface area contributed by atoms with E-state index in [0.29, 0.717) is 12.0 Å². The molecule has 0 radical (unpaired) electrons. The van der Waals surface area contributed by atoms with Crippen LogP contribution in [-0.2, 0) is 6.42 Å². The maximum Gasteiger partial charge on any atom is 0.228 e. The molecule has 1 fully saturated rings. The molecule has 1 N–H and O–H groups in total. The Morgan fingerprint density at radius 1 is 1.35 bits per heavy atom. The van der Waals surface area contributed by atoms with Crippen molar-refractivity contribution < 1.29 is 4.52 Å². The van der Waals surface area contributed by atoms with Gasteiger partial charge in [0.1, 0.15) is 0 Å². The summed E-state index contributed by atoms with van der Waals surface area (Å²) in [5.74, 6) is 3.01. The Kier molecular flexibility index (Phi) is 4.84. The summed E-state index contributed by atoms with van der Waals surface area (Å²) in [6, 6.07) is 0.364. The molecule has 3 atom stereocenters. The van der Waals surface area contributed by atoms with Crippen LogP contribution in [0.3, 0.4) is 0 Å². The molecule has 0 amide bonds. The molecule has 4 heteroatoms. The Balaban J connectivity index is 2.01. The molecule has 20 heavy (non-hydrogen) atoms. The predicted molar refractivity (Wildman–Crippen MR) is 80.7 cm³/mol. The third-order valence-corrected chi connectivity index (χ3v) is 4.42. The molecule has 114 valence electrons. The van der Waals surface area contributed by atoms with Gasteiger partial charge in [0.2, 0.25) is 5.89 Å². The lowest BCUT2D eigenvalue weighted by Gasteiger charge is -2.30. The van der Waals surface area contributed by atoms with Crippen molar-refractivity contribution in [1.29, 1.82) is 0 Å². The van der Waals surface area contributed by atoms with Crippen LogP contribution in [-0.4, -0.2) is 22.7 Å². The topological polar surface area (TPSA) is 51.0 Å². The fourth-order valence-corrected chi connectivity index (χ4v) is 3.06. The fourth-order valence-electron chi connectivity index (χ4n) is 3.06. The SMILES string of the molecule is CCNC(Cc1nc(C2CCC(C)C2)no1)C(C)(C)C. The number of nitrogens with zero attached hydrogens (tertiary/aromatic N) is 2. The van der Waals surface area contributed by atoms with E-state index in [9.17, 15) is 0 Å². The summed E-state index contributed by atoms with van der Waals surface area (Å²) in [4.78, 5) is 4.64. The van der Waals surface area contributed by atoms with Gasteiger partial charge in [0.25, 0.3) is 0 Å². The first kappa shape index (κ1) is 15.5. The summed E-state index contributed by atoms with van der Waals surface area (Å²) < 4.78 is 5.48. The first-order chi connectivity index (χ1) is 9.40. The van der Waals surface area contributed by atoms with Crippen LogP contribution in [0, 0.1) is 11.3 Å². The first-order valence-corrected chi connectivity index (χ1v) is 7.96. The van der Waals surface area contributed by atoms with Gasteiger partial charge in [-0.25, -0.2) is 0 Å². The quantitative estimate of drug-likeness (QED) is 0.895. The summed E-state index contributed by atoms with van der Waals surface area (Å²) in [5.41, 5.74) is 0.187. The van der Waals surface area contributed by atoms with E-state index >= 15 is 0 Å². The van der Waals surface area contributed by atoms with Crippen molar-refractivity contribution in [3.05, 3.63) is 11.7 Å². The number of hydrogen-bond acceptors (Lipinski definition) is 4. The summed E-state index contributed by atoms with van der Waals surface area (Å²) >= 11 is 0. The van der Waals surface area contributed by atoms with Crippen LogP contribution in [0.4, 0.5) is 0 Å². The number of rotatable bonds is 5. The van der Waals surface area contributed by atoms with Gasteiger partial charge in [-0.1, -0.05) is 39.8 Å². The van der Waals surface area contributed by atoms with E-state index in [1.165, 1.54) is 19.3 Å². The van der Waals surface area contributed by atoms with Crippen molar-refractivity contribution in [2.24, 2.45) is 11.3 Å². The van der Waals surface area contributed by atoms with Crippen LogP contribution < -0.4 is 5.32 Å². The molecule has 2 rings (SSSR count). The van der Waals surface area contributed by atoms with Crippen LogP contribution in [0.25, 0.3) is 0 Å². The molecule has 1 aromatic heterocycles. The lowest BCUT2D eigenvalue weighted by atomic mass is 9.84. The number of nitrogens with one attached hydrogen (secondary N) is 1. The lowest BCUT2D eigenvalue weighted by molar-refractivity contribution is 0.247. The molecule has 4 nitrogen and oxygen atoms in total. The third kappa shape index (κ3) is 3.81. The van der Waals surface area contributed by atoms with E-state index in [2.05, 4.69) is 50.1 Å². The molecule has 1 aliphatic rings. The van der Waals surface area contributed by atoms with E-state index in [-0.39, 0.29) is 5.41 Å². The van der Waals surface area contributed by atoms with E-state index < -0.39 is 0 Å². The van der Waals surface area contributed by atoms with Crippen LogP contribution in [0.15, 0.2) is 4.52 Å². The van der Waals surface area contributed by atoms with E-state index in [4.69, 9.17) is 4.52 Å². The second-order valence-corrected chi connectivity index (χ2v) is 7.34. The van der Waals surface area contributed by atoms with Crippen LogP contribution in [0.2, 0.25) is 0 Å². The normalized spacial score (nSPS) is 25.1. The molecule has 0 aromatic carbocycles. The second kappa shape index (κ2) is 6.25. The molecule has 0 saturated heterocycles. The second-order valence-electron chi connectivity index (χ2n) is 7.34. The molecule has 0 aliphatic heterocycles. The molecule has 1 saturated carbocycles.